The Morgan fingerprint density at radius 2 is 1.22 bits per heavy atom. The number of thioether (sulfide) groups is 2. The van der Waals surface area contributed by atoms with Crippen molar-refractivity contribution < 1.29 is 0 Å². The second-order valence-electron chi connectivity index (χ2n) is 13.6. The molecule has 4 aromatic carbocycles. The Kier molecular flexibility index (Phi) is 9.41. The normalized spacial score (nSPS) is 19.3. The summed E-state index contributed by atoms with van der Waals surface area (Å²) in [6.45, 7) is 3.37. The van der Waals surface area contributed by atoms with Gasteiger partial charge in [0, 0.05) is 66.9 Å². The van der Waals surface area contributed by atoms with Gasteiger partial charge in [-0.25, -0.2) is 0 Å². The molecule has 7 nitrogen and oxygen atoms in total. The molecule has 0 bridgehead atoms. The van der Waals surface area contributed by atoms with Crippen LogP contribution in [0.4, 0.5) is 17.1 Å². The topological polar surface area (TPSA) is 33.5 Å². The molecule has 1 saturated heterocycles. The Labute approximate surface area is 325 Å². The van der Waals surface area contributed by atoms with Gasteiger partial charge in [-0.05, 0) is 96.1 Å². The Bertz CT molecular complexity index is 2400. The van der Waals surface area contributed by atoms with E-state index in [0.717, 1.165) is 54.3 Å². The number of piperazine rings is 1. The number of allylic oxidation sites excluding steroid dienone is 4. The SMILES string of the molecule is CN1C(=CC2=CC(=CN3CCN(N=c4cc(C=C5Sc6ccccc6N5C)ccn4-c4ccccc4)CC3)N(c3ccccc3)C=C2)Sc2ccccc21. The van der Waals surface area contributed by atoms with Crippen molar-refractivity contribution in [2.75, 3.05) is 55.0 Å². The predicted octanol–water partition coefficient (Wildman–Crippen LogP) is 9.34. The van der Waals surface area contributed by atoms with Gasteiger partial charge in [0.15, 0.2) is 5.49 Å². The quantitative estimate of drug-likeness (QED) is 0.172. The van der Waals surface area contributed by atoms with Crippen molar-refractivity contribution in [1.29, 1.82) is 0 Å². The van der Waals surface area contributed by atoms with Gasteiger partial charge in [0.25, 0.3) is 0 Å². The maximum atomic E-state index is 5.28. The molecule has 5 heterocycles. The molecule has 0 atom stereocenters. The lowest BCUT2D eigenvalue weighted by Gasteiger charge is -2.34. The minimum absolute atomic E-state index is 0.819. The Morgan fingerprint density at radius 3 is 1.87 bits per heavy atom. The standard InChI is InChI=1S/C45H41N7S2/c1-47-39-17-9-11-19-41(39)53-44(47)31-34-21-23-51(36-13-5-3-6-14-36)38(29-34)33-49-25-27-50(28-26-49)46-43-30-35(22-24-52(43)37-15-7-4-8-16-37)32-45-48(2)40-18-10-12-20-42(40)54-45/h3-24,29-33H,25-28H2,1-2H3. The molecule has 1 fully saturated rings. The fraction of sp³-hybridized carbons (Fsp3) is 0.133. The Hall–Kier alpha value is -5.77. The van der Waals surface area contributed by atoms with Gasteiger partial charge in [0.2, 0.25) is 0 Å². The molecule has 4 aliphatic heterocycles. The molecule has 0 aliphatic carbocycles. The molecule has 0 unspecified atom stereocenters. The van der Waals surface area contributed by atoms with E-state index in [-0.39, 0.29) is 0 Å². The molecule has 5 aromatic rings. The van der Waals surface area contributed by atoms with E-state index < -0.39 is 0 Å². The van der Waals surface area contributed by atoms with Crippen LogP contribution in [0.3, 0.4) is 0 Å². The lowest BCUT2D eigenvalue weighted by Crippen LogP contribution is -2.43. The molecule has 1 aromatic heterocycles. The van der Waals surface area contributed by atoms with Crippen LogP contribution in [0, 0.1) is 0 Å². The van der Waals surface area contributed by atoms with Crippen LogP contribution in [-0.4, -0.2) is 54.8 Å². The van der Waals surface area contributed by atoms with E-state index in [0.29, 0.717) is 0 Å². The molecule has 268 valence electrons. The highest BCUT2D eigenvalue weighted by Gasteiger charge is 2.24. The number of hydrogen-bond donors (Lipinski definition) is 0. The molecular weight excluding hydrogens is 703 g/mol. The number of hydrogen-bond acceptors (Lipinski definition) is 8. The molecule has 0 radical (unpaired) electrons. The van der Waals surface area contributed by atoms with Gasteiger partial charge in [-0.2, -0.15) is 5.10 Å². The number of aromatic nitrogens is 1. The third kappa shape index (κ3) is 7.00. The van der Waals surface area contributed by atoms with Crippen molar-refractivity contribution in [1.82, 2.24) is 14.5 Å². The summed E-state index contributed by atoms with van der Waals surface area (Å²) in [5.74, 6) is 0. The van der Waals surface area contributed by atoms with Crippen molar-refractivity contribution in [3.8, 4) is 5.69 Å². The van der Waals surface area contributed by atoms with Crippen molar-refractivity contribution >= 4 is 46.7 Å². The minimum Gasteiger partial charge on any atom is -0.372 e. The number of nitrogens with zero attached hydrogens (tertiary/aromatic N) is 7. The van der Waals surface area contributed by atoms with Crippen LogP contribution in [0.5, 0.6) is 0 Å². The Balaban J connectivity index is 0.976. The fourth-order valence-electron chi connectivity index (χ4n) is 7.08. The molecule has 54 heavy (non-hydrogen) atoms. The van der Waals surface area contributed by atoms with Crippen LogP contribution in [0.15, 0.2) is 194 Å². The van der Waals surface area contributed by atoms with Crippen LogP contribution in [0.2, 0.25) is 0 Å². The van der Waals surface area contributed by atoms with E-state index in [1.54, 1.807) is 0 Å². The zero-order chi connectivity index (χ0) is 36.4. The average molecular weight is 744 g/mol. The van der Waals surface area contributed by atoms with E-state index in [4.69, 9.17) is 5.10 Å². The number of rotatable bonds is 6. The molecule has 4 aliphatic rings. The maximum Gasteiger partial charge on any atom is 0.157 e. The predicted molar refractivity (Wildman–Crippen MR) is 226 cm³/mol. The summed E-state index contributed by atoms with van der Waals surface area (Å²) in [6, 6.07) is 42.6. The summed E-state index contributed by atoms with van der Waals surface area (Å²) in [6.07, 6.45) is 15.7. The van der Waals surface area contributed by atoms with E-state index in [2.05, 4.69) is 207 Å². The molecule has 9 heteroatoms. The highest BCUT2D eigenvalue weighted by molar-refractivity contribution is 8.04. The van der Waals surface area contributed by atoms with Crippen molar-refractivity contribution in [2.45, 2.75) is 9.79 Å². The van der Waals surface area contributed by atoms with Crippen molar-refractivity contribution in [3.05, 3.63) is 191 Å². The molecule has 9 rings (SSSR count). The van der Waals surface area contributed by atoms with Gasteiger partial charge >= 0.3 is 0 Å². The van der Waals surface area contributed by atoms with Crippen LogP contribution in [0.1, 0.15) is 5.56 Å². The average Bonchev–Trinajstić information content (AvgIpc) is 3.70. The van der Waals surface area contributed by atoms with Gasteiger partial charge in [0.1, 0.15) is 0 Å². The second kappa shape index (κ2) is 14.9. The second-order valence-corrected chi connectivity index (χ2v) is 15.7. The number of anilines is 3. The number of fused-ring (bicyclic) bond motifs is 2. The molecule has 0 N–H and O–H groups in total. The van der Waals surface area contributed by atoms with Gasteiger partial charge in [-0.1, -0.05) is 84.2 Å². The maximum absolute atomic E-state index is 5.28. The minimum atomic E-state index is 0.819. The molecule has 0 spiro atoms. The van der Waals surface area contributed by atoms with Crippen LogP contribution in [0.25, 0.3) is 11.8 Å². The fourth-order valence-corrected chi connectivity index (χ4v) is 9.30. The lowest BCUT2D eigenvalue weighted by molar-refractivity contribution is 0.167. The summed E-state index contributed by atoms with van der Waals surface area (Å²) in [5, 5.41) is 9.93. The van der Waals surface area contributed by atoms with Crippen LogP contribution in [-0.2, 0) is 0 Å². The summed E-state index contributed by atoms with van der Waals surface area (Å²) in [5.41, 5.74) is 9.09. The van der Waals surface area contributed by atoms with Gasteiger partial charge in [0.05, 0.1) is 40.2 Å². The number of benzene rings is 4. The first-order valence-corrected chi connectivity index (χ1v) is 19.9. The van der Waals surface area contributed by atoms with E-state index >= 15 is 0 Å². The van der Waals surface area contributed by atoms with Gasteiger partial charge < -0.3 is 24.2 Å². The first kappa shape index (κ1) is 34.0. The van der Waals surface area contributed by atoms with Crippen molar-refractivity contribution in [2.24, 2.45) is 5.10 Å². The summed E-state index contributed by atoms with van der Waals surface area (Å²) in [7, 11) is 4.29. The molecule has 0 saturated carbocycles. The first-order valence-electron chi connectivity index (χ1n) is 18.3. The van der Waals surface area contributed by atoms with E-state index in [1.807, 2.05) is 23.5 Å². The largest absolute Gasteiger partial charge is 0.372 e. The van der Waals surface area contributed by atoms with Crippen molar-refractivity contribution in [3.63, 3.8) is 0 Å². The van der Waals surface area contributed by atoms with Crippen LogP contribution < -0.4 is 20.2 Å². The van der Waals surface area contributed by atoms with Gasteiger partial charge in [-0.3, -0.25) is 5.01 Å². The third-order valence-corrected chi connectivity index (χ3v) is 12.3. The zero-order valence-corrected chi connectivity index (χ0v) is 32.0. The Morgan fingerprint density at radius 1 is 0.630 bits per heavy atom. The highest BCUT2D eigenvalue weighted by Crippen LogP contribution is 2.46. The summed E-state index contributed by atoms with van der Waals surface area (Å²) >= 11 is 3.63. The summed E-state index contributed by atoms with van der Waals surface area (Å²) in [4.78, 5) is 11.8. The monoisotopic (exact) mass is 743 g/mol. The number of pyridine rings is 1. The zero-order valence-electron chi connectivity index (χ0n) is 30.4. The number of para-hydroxylation sites is 4. The van der Waals surface area contributed by atoms with E-state index in [9.17, 15) is 0 Å². The molecular formula is C45H41N7S2. The third-order valence-electron chi connectivity index (χ3n) is 10.0. The van der Waals surface area contributed by atoms with Gasteiger partial charge in [-0.15, -0.1) is 0 Å². The van der Waals surface area contributed by atoms with Crippen LogP contribution >= 0.6 is 23.5 Å². The highest BCUT2D eigenvalue weighted by atomic mass is 32.2. The smallest absolute Gasteiger partial charge is 0.157 e. The lowest BCUT2D eigenvalue weighted by atomic mass is 10.1. The molecule has 0 amide bonds. The first-order chi connectivity index (χ1) is 26.6. The van der Waals surface area contributed by atoms with E-state index in [1.165, 1.54) is 36.8 Å². The summed E-state index contributed by atoms with van der Waals surface area (Å²) < 4.78 is 2.18.